The lowest BCUT2D eigenvalue weighted by Gasteiger charge is -2.05. The topological polar surface area (TPSA) is 34.9 Å². The molecule has 106 valence electrons. The average molecular weight is 356 g/mol. The molecule has 0 saturated carbocycles. The number of ketones is 1. The number of rotatable bonds is 5. The van der Waals surface area contributed by atoms with Gasteiger partial charge in [0.1, 0.15) is 0 Å². The van der Waals surface area contributed by atoms with Crippen molar-refractivity contribution >= 4 is 33.3 Å². The maximum atomic E-state index is 12.3. The Bertz CT molecular complexity index is 620. The molecule has 0 aliphatic rings. The van der Waals surface area contributed by atoms with E-state index in [4.69, 9.17) is 11.6 Å². The zero-order chi connectivity index (χ0) is 14.7. The third kappa shape index (κ3) is 3.13. The van der Waals surface area contributed by atoms with Gasteiger partial charge in [-0.15, -0.1) is 0 Å². The summed E-state index contributed by atoms with van der Waals surface area (Å²) >= 11 is 9.40. The fourth-order valence-corrected chi connectivity index (χ4v) is 2.91. The first-order valence-corrected chi connectivity index (χ1v) is 7.76. The number of hydrogen-bond acceptors (Lipinski definition) is 2. The summed E-state index contributed by atoms with van der Waals surface area (Å²) in [4.78, 5) is 12.3. The first-order chi connectivity index (χ1) is 9.56. The minimum absolute atomic E-state index is 0.0691. The van der Waals surface area contributed by atoms with Crippen molar-refractivity contribution in [3.63, 3.8) is 0 Å². The second kappa shape index (κ2) is 6.55. The highest BCUT2D eigenvalue weighted by molar-refractivity contribution is 9.10. The number of carbonyl (C=O) groups excluding carboxylic acids is 1. The molecule has 5 heteroatoms. The molecule has 0 aliphatic heterocycles. The quantitative estimate of drug-likeness (QED) is 0.749. The highest BCUT2D eigenvalue weighted by Gasteiger charge is 2.17. The summed E-state index contributed by atoms with van der Waals surface area (Å²) in [5, 5.41) is 5.14. The SMILES string of the molecule is CCc1nn(CC)c(CC(=O)c2ccc(Cl)cc2)c1Br. The normalized spacial score (nSPS) is 10.8. The molecule has 0 amide bonds. The number of nitrogens with zero attached hydrogens (tertiary/aromatic N) is 2. The lowest BCUT2D eigenvalue weighted by atomic mass is 10.1. The van der Waals surface area contributed by atoms with Gasteiger partial charge in [0.2, 0.25) is 0 Å². The molecular formula is C15H16BrClN2O. The fourth-order valence-electron chi connectivity index (χ4n) is 2.08. The predicted octanol–water partition coefficient (Wildman–Crippen LogP) is 4.31. The molecule has 1 aromatic carbocycles. The van der Waals surface area contributed by atoms with Crippen LogP contribution in [-0.2, 0) is 19.4 Å². The van der Waals surface area contributed by atoms with Crippen molar-refractivity contribution in [3.8, 4) is 0 Å². The Morgan fingerprint density at radius 3 is 2.50 bits per heavy atom. The summed E-state index contributed by atoms with van der Waals surface area (Å²) in [7, 11) is 0. The van der Waals surface area contributed by atoms with E-state index < -0.39 is 0 Å². The summed E-state index contributed by atoms with van der Waals surface area (Å²) in [6, 6.07) is 6.98. The van der Waals surface area contributed by atoms with Gasteiger partial charge in [-0.3, -0.25) is 9.48 Å². The molecule has 0 unspecified atom stereocenters. The minimum atomic E-state index is 0.0691. The van der Waals surface area contributed by atoms with Gasteiger partial charge < -0.3 is 0 Å². The number of carbonyl (C=O) groups is 1. The van der Waals surface area contributed by atoms with Gasteiger partial charge in [0.25, 0.3) is 0 Å². The first kappa shape index (κ1) is 15.3. The van der Waals surface area contributed by atoms with Crippen LogP contribution in [-0.4, -0.2) is 15.6 Å². The van der Waals surface area contributed by atoms with E-state index in [0.717, 1.165) is 28.8 Å². The molecule has 20 heavy (non-hydrogen) atoms. The van der Waals surface area contributed by atoms with E-state index in [-0.39, 0.29) is 5.78 Å². The number of benzene rings is 1. The molecule has 3 nitrogen and oxygen atoms in total. The van der Waals surface area contributed by atoms with Crippen molar-refractivity contribution in [1.82, 2.24) is 9.78 Å². The zero-order valence-corrected chi connectivity index (χ0v) is 13.8. The highest BCUT2D eigenvalue weighted by Crippen LogP contribution is 2.24. The first-order valence-electron chi connectivity index (χ1n) is 6.59. The zero-order valence-electron chi connectivity index (χ0n) is 11.5. The Kier molecular flexibility index (Phi) is 5.00. The van der Waals surface area contributed by atoms with Crippen molar-refractivity contribution in [3.05, 3.63) is 50.7 Å². The smallest absolute Gasteiger partial charge is 0.168 e. The Labute approximate surface area is 132 Å². The van der Waals surface area contributed by atoms with E-state index in [1.807, 2.05) is 11.6 Å². The highest BCUT2D eigenvalue weighted by atomic mass is 79.9. The molecule has 0 N–H and O–H groups in total. The van der Waals surface area contributed by atoms with Gasteiger partial charge >= 0.3 is 0 Å². The van der Waals surface area contributed by atoms with Crippen molar-refractivity contribution < 1.29 is 4.79 Å². The maximum Gasteiger partial charge on any atom is 0.168 e. The van der Waals surface area contributed by atoms with Gasteiger partial charge in [-0.2, -0.15) is 5.10 Å². The Morgan fingerprint density at radius 2 is 1.95 bits per heavy atom. The van der Waals surface area contributed by atoms with Gasteiger partial charge in [0.05, 0.1) is 22.3 Å². The largest absolute Gasteiger partial charge is 0.294 e. The van der Waals surface area contributed by atoms with Crippen molar-refractivity contribution in [2.24, 2.45) is 0 Å². The number of aromatic nitrogens is 2. The molecule has 0 bridgehead atoms. The third-order valence-electron chi connectivity index (χ3n) is 3.19. The van der Waals surface area contributed by atoms with Gasteiger partial charge in [-0.1, -0.05) is 18.5 Å². The summed E-state index contributed by atoms with van der Waals surface area (Å²) in [5.74, 6) is 0.0691. The molecular weight excluding hydrogens is 340 g/mol. The van der Waals surface area contributed by atoms with Crippen LogP contribution in [0.2, 0.25) is 5.02 Å². The second-order valence-electron chi connectivity index (χ2n) is 4.48. The summed E-state index contributed by atoms with van der Waals surface area (Å²) in [6.07, 6.45) is 1.18. The standard InChI is InChI=1S/C15H16BrClN2O/c1-3-12-15(16)13(19(4-2)18-12)9-14(20)10-5-7-11(17)8-6-10/h5-8H,3-4,9H2,1-2H3. The van der Waals surface area contributed by atoms with E-state index >= 15 is 0 Å². The molecule has 1 heterocycles. The Hall–Kier alpha value is -1.13. The second-order valence-corrected chi connectivity index (χ2v) is 5.71. The molecule has 0 saturated heterocycles. The van der Waals surface area contributed by atoms with Crippen molar-refractivity contribution in [2.45, 2.75) is 33.2 Å². The van der Waals surface area contributed by atoms with E-state index in [9.17, 15) is 4.79 Å². The minimum Gasteiger partial charge on any atom is -0.294 e. The summed E-state index contributed by atoms with van der Waals surface area (Å²) in [5.41, 5.74) is 2.60. The number of Topliss-reactive ketones (excluding diaryl/α,β-unsaturated/α-hetero) is 1. The van der Waals surface area contributed by atoms with E-state index in [0.29, 0.717) is 17.0 Å². The molecule has 0 spiro atoms. The van der Waals surface area contributed by atoms with Gasteiger partial charge in [0, 0.05) is 17.1 Å². The number of aryl methyl sites for hydroxylation is 2. The lowest BCUT2D eigenvalue weighted by molar-refractivity contribution is 0.0990. The number of hydrogen-bond donors (Lipinski definition) is 0. The lowest BCUT2D eigenvalue weighted by Crippen LogP contribution is -2.10. The van der Waals surface area contributed by atoms with Crippen LogP contribution in [0.25, 0.3) is 0 Å². The van der Waals surface area contributed by atoms with E-state index in [2.05, 4.69) is 28.0 Å². The number of halogens is 2. The fraction of sp³-hybridized carbons (Fsp3) is 0.333. The third-order valence-corrected chi connectivity index (χ3v) is 4.36. The summed E-state index contributed by atoms with van der Waals surface area (Å²) in [6.45, 7) is 4.83. The van der Waals surface area contributed by atoms with Crippen LogP contribution in [0, 0.1) is 0 Å². The molecule has 2 aromatic rings. The van der Waals surface area contributed by atoms with Crippen LogP contribution in [0.1, 0.15) is 35.6 Å². The molecule has 0 atom stereocenters. The van der Waals surface area contributed by atoms with E-state index in [1.165, 1.54) is 0 Å². The van der Waals surface area contributed by atoms with Crippen LogP contribution in [0.3, 0.4) is 0 Å². The van der Waals surface area contributed by atoms with Gasteiger partial charge in [-0.25, -0.2) is 0 Å². The van der Waals surface area contributed by atoms with Crippen LogP contribution < -0.4 is 0 Å². The van der Waals surface area contributed by atoms with Crippen molar-refractivity contribution in [1.29, 1.82) is 0 Å². The molecule has 2 rings (SSSR count). The van der Waals surface area contributed by atoms with Crippen molar-refractivity contribution in [2.75, 3.05) is 0 Å². The molecule has 0 aliphatic carbocycles. The molecule has 1 aromatic heterocycles. The van der Waals surface area contributed by atoms with E-state index in [1.54, 1.807) is 24.3 Å². The van der Waals surface area contributed by atoms with Crippen LogP contribution >= 0.6 is 27.5 Å². The van der Waals surface area contributed by atoms with Crippen LogP contribution in [0.4, 0.5) is 0 Å². The van der Waals surface area contributed by atoms with Crippen LogP contribution in [0.15, 0.2) is 28.7 Å². The Balaban J connectivity index is 2.27. The average Bonchev–Trinajstić information content (AvgIpc) is 2.76. The molecule has 0 radical (unpaired) electrons. The van der Waals surface area contributed by atoms with Gasteiger partial charge in [-0.05, 0) is 53.5 Å². The predicted molar refractivity (Wildman–Crippen MR) is 84.5 cm³/mol. The summed E-state index contributed by atoms with van der Waals surface area (Å²) < 4.78 is 2.83. The molecule has 0 fully saturated rings. The monoisotopic (exact) mass is 354 g/mol. The maximum absolute atomic E-state index is 12.3. The van der Waals surface area contributed by atoms with Gasteiger partial charge in [0.15, 0.2) is 5.78 Å². The van der Waals surface area contributed by atoms with Crippen LogP contribution in [0.5, 0.6) is 0 Å². The Morgan fingerprint density at radius 1 is 1.30 bits per heavy atom.